The zero-order valence-corrected chi connectivity index (χ0v) is 11.0. The molecule has 1 aromatic carbocycles. The molecule has 0 unspecified atom stereocenters. The van der Waals surface area contributed by atoms with E-state index in [9.17, 15) is 9.59 Å². The largest absolute Gasteiger partial charge is 0.478 e. The molecule has 5 heteroatoms. The molecular weight excluding hydrogens is 288 g/mol. The van der Waals surface area contributed by atoms with E-state index in [1.54, 1.807) is 6.07 Å². The number of benzene rings is 1. The maximum Gasteiger partial charge on any atom is 0.336 e. The van der Waals surface area contributed by atoms with Gasteiger partial charge in [0, 0.05) is 4.47 Å². The molecule has 0 heterocycles. The van der Waals surface area contributed by atoms with Gasteiger partial charge in [-0.1, -0.05) is 29.3 Å². The van der Waals surface area contributed by atoms with Crippen LogP contribution in [0.5, 0.6) is 0 Å². The Morgan fingerprint density at radius 3 is 2.35 bits per heavy atom. The number of hydrogen-bond acceptors (Lipinski definition) is 2. The molecule has 17 heavy (non-hydrogen) atoms. The molecule has 2 N–H and O–H groups in total. The summed E-state index contributed by atoms with van der Waals surface area (Å²) in [5, 5.41) is 18.1. The summed E-state index contributed by atoms with van der Waals surface area (Å²) in [5.41, 5.74) is 0.290. The minimum Gasteiger partial charge on any atom is -0.478 e. The predicted molar refractivity (Wildman–Crippen MR) is 66.7 cm³/mol. The molecule has 0 saturated heterocycles. The Balaban J connectivity index is 3.35. The van der Waals surface area contributed by atoms with E-state index >= 15 is 0 Å². The quantitative estimate of drug-likeness (QED) is 0.876. The van der Waals surface area contributed by atoms with Crippen LogP contribution in [0.25, 0.3) is 0 Å². The summed E-state index contributed by atoms with van der Waals surface area (Å²) >= 11 is 3.20. The van der Waals surface area contributed by atoms with Crippen LogP contribution < -0.4 is 0 Å². The lowest BCUT2D eigenvalue weighted by Gasteiger charge is -2.09. The third kappa shape index (κ3) is 3.30. The van der Waals surface area contributed by atoms with Crippen LogP contribution in [0.2, 0.25) is 0 Å². The van der Waals surface area contributed by atoms with Gasteiger partial charge in [0.05, 0.1) is 11.1 Å². The zero-order valence-electron chi connectivity index (χ0n) is 9.36. The molecule has 0 bridgehead atoms. The highest BCUT2D eigenvalue weighted by molar-refractivity contribution is 9.10. The van der Waals surface area contributed by atoms with Crippen molar-refractivity contribution in [2.75, 3.05) is 0 Å². The molecule has 0 saturated carbocycles. The topological polar surface area (TPSA) is 74.6 Å². The second-order valence-corrected chi connectivity index (χ2v) is 4.62. The molecule has 0 atom stereocenters. The van der Waals surface area contributed by atoms with Gasteiger partial charge in [-0.25, -0.2) is 9.59 Å². The molecule has 1 aromatic rings. The maximum atomic E-state index is 11.1. The Morgan fingerprint density at radius 1 is 1.24 bits per heavy atom. The van der Waals surface area contributed by atoms with Crippen molar-refractivity contribution in [3.8, 4) is 0 Å². The summed E-state index contributed by atoms with van der Waals surface area (Å²) in [5.74, 6) is -2.41. The fourth-order valence-corrected chi connectivity index (χ4v) is 2.15. The summed E-state index contributed by atoms with van der Waals surface area (Å²) in [6.07, 6.45) is 2.32. The number of aromatic carboxylic acids is 2. The molecule has 0 fully saturated rings. The lowest BCUT2D eigenvalue weighted by molar-refractivity contribution is 0.0650. The van der Waals surface area contributed by atoms with Crippen LogP contribution in [0.4, 0.5) is 0 Å². The first-order valence-electron chi connectivity index (χ1n) is 5.26. The monoisotopic (exact) mass is 300 g/mol. The Morgan fingerprint density at radius 2 is 1.88 bits per heavy atom. The van der Waals surface area contributed by atoms with Crippen molar-refractivity contribution >= 4 is 27.9 Å². The first-order valence-corrected chi connectivity index (χ1v) is 6.05. The average molecular weight is 301 g/mol. The zero-order chi connectivity index (χ0) is 13.0. The highest BCUT2D eigenvalue weighted by Gasteiger charge is 2.20. The number of carboxylic acid groups (broad SMARTS) is 2. The molecular formula is C12H13BrO4. The summed E-state index contributed by atoms with van der Waals surface area (Å²) in [6, 6.07) is 2.99. The van der Waals surface area contributed by atoms with E-state index in [-0.39, 0.29) is 11.1 Å². The van der Waals surface area contributed by atoms with E-state index in [0.717, 1.165) is 12.8 Å². The van der Waals surface area contributed by atoms with Crippen molar-refractivity contribution < 1.29 is 19.8 Å². The van der Waals surface area contributed by atoms with Gasteiger partial charge in [-0.3, -0.25) is 0 Å². The van der Waals surface area contributed by atoms with Gasteiger partial charge in [0.1, 0.15) is 0 Å². The molecule has 0 aliphatic rings. The third-order valence-corrected chi connectivity index (χ3v) is 2.89. The molecule has 1 rings (SSSR count). The fourth-order valence-electron chi connectivity index (χ4n) is 1.65. The minimum absolute atomic E-state index is 0.103. The van der Waals surface area contributed by atoms with E-state index in [0.29, 0.717) is 16.5 Å². The van der Waals surface area contributed by atoms with E-state index in [1.165, 1.54) is 6.07 Å². The van der Waals surface area contributed by atoms with Crippen molar-refractivity contribution in [1.29, 1.82) is 0 Å². The van der Waals surface area contributed by atoms with Crippen molar-refractivity contribution in [3.05, 3.63) is 33.3 Å². The standard InChI is InChI=1S/C12H13BrO4/c1-2-3-4-7-5-8(13)6-9(11(14)15)10(7)12(16)17/h5-6H,2-4H2,1H3,(H,14,15)(H,16,17). The minimum atomic E-state index is -1.22. The Labute approximate surface area is 107 Å². The normalized spacial score (nSPS) is 10.2. The van der Waals surface area contributed by atoms with Crippen LogP contribution in [-0.4, -0.2) is 22.2 Å². The lowest BCUT2D eigenvalue weighted by atomic mass is 9.97. The van der Waals surface area contributed by atoms with Gasteiger partial charge < -0.3 is 10.2 Å². The van der Waals surface area contributed by atoms with Gasteiger partial charge >= 0.3 is 11.9 Å². The van der Waals surface area contributed by atoms with Gasteiger partial charge in [0.15, 0.2) is 0 Å². The Kier molecular flexibility index (Phi) is 4.69. The second-order valence-electron chi connectivity index (χ2n) is 3.70. The number of rotatable bonds is 5. The van der Waals surface area contributed by atoms with Crippen LogP contribution in [0, 0.1) is 0 Å². The molecule has 0 spiro atoms. The summed E-state index contributed by atoms with van der Waals surface area (Å²) in [6.45, 7) is 2.00. The lowest BCUT2D eigenvalue weighted by Crippen LogP contribution is -2.12. The predicted octanol–water partition coefficient (Wildman–Crippen LogP) is 3.19. The Bertz CT molecular complexity index is 454. The van der Waals surface area contributed by atoms with E-state index in [1.807, 2.05) is 6.92 Å². The maximum absolute atomic E-state index is 11.1. The summed E-state index contributed by atoms with van der Waals surface area (Å²) in [4.78, 5) is 22.2. The van der Waals surface area contributed by atoms with Crippen LogP contribution in [0.3, 0.4) is 0 Å². The first-order chi connectivity index (χ1) is 7.97. The highest BCUT2D eigenvalue weighted by Crippen LogP contribution is 2.23. The van der Waals surface area contributed by atoms with Crippen LogP contribution in [-0.2, 0) is 6.42 Å². The third-order valence-electron chi connectivity index (χ3n) is 2.43. The SMILES string of the molecule is CCCCc1cc(Br)cc(C(=O)O)c1C(=O)O. The molecule has 0 amide bonds. The van der Waals surface area contributed by atoms with Crippen molar-refractivity contribution in [2.24, 2.45) is 0 Å². The number of aryl methyl sites for hydroxylation is 1. The molecule has 4 nitrogen and oxygen atoms in total. The van der Waals surface area contributed by atoms with Gasteiger partial charge in [-0.15, -0.1) is 0 Å². The van der Waals surface area contributed by atoms with Crippen LogP contribution in [0.15, 0.2) is 16.6 Å². The molecule has 0 aromatic heterocycles. The van der Waals surface area contributed by atoms with Crippen LogP contribution >= 0.6 is 15.9 Å². The summed E-state index contributed by atoms with van der Waals surface area (Å²) < 4.78 is 0.589. The van der Waals surface area contributed by atoms with Crippen molar-refractivity contribution in [1.82, 2.24) is 0 Å². The van der Waals surface area contributed by atoms with Gasteiger partial charge in [-0.2, -0.15) is 0 Å². The number of carbonyl (C=O) groups is 2. The van der Waals surface area contributed by atoms with Gasteiger partial charge in [-0.05, 0) is 30.5 Å². The number of hydrogen-bond donors (Lipinski definition) is 2. The van der Waals surface area contributed by atoms with Crippen molar-refractivity contribution in [2.45, 2.75) is 26.2 Å². The van der Waals surface area contributed by atoms with Gasteiger partial charge in [0.25, 0.3) is 0 Å². The second kappa shape index (κ2) is 5.82. The molecule has 0 aliphatic heterocycles. The van der Waals surface area contributed by atoms with E-state index < -0.39 is 11.9 Å². The molecule has 0 aliphatic carbocycles. The highest BCUT2D eigenvalue weighted by atomic mass is 79.9. The molecule has 92 valence electrons. The molecule has 0 radical (unpaired) electrons. The van der Waals surface area contributed by atoms with Crippen molar-refractivity contribution in [3.63, 3.8) is 0 Å². The number of carboxylic acids is 2. The van der Waals surface area contributed by atoms with E-state index in [2.05, 4.69) is 15.9 Å². The number of unbranched alkanes of at least 4 members (excludes halogenated alkanes) is 1. The summed E-state index contributed by atoms with van der Waals surface area (Å²) in [7, 11) is 0. The van der Waals surface area contributed by atoms with Crippen LogP contribution in [0.1, 0.15) is 46.0 Å². The average Bonchev–Trinajstić information content (AvgIpc) is 2.24. The Hall–Kier alpha value is -1.36. The fraction of sp³-hybridized carbons (Fsp3) is 0.333. The smallest absolute Gasteiger partial charge is 0.336 e. The van der Waals surface area contributed by atoms with E-state index in [4.69, 9.17) is 10.2 Å². The van der Waals surface area contributed by atoms with Gasteiger partial charge in [0.2, 0.25) is 0 Å². The number of halogens is 1. The first kappa shape index (κ1) is 13.7.